The van der Waals surface area contributed by atoms with Gasteiger partial charge in [0.15, 0.2) is 11.6 Å². The van der Waals surface area contributed by atoms with E-state index in [-0.39, 0.29) is 0 Å². The zero-order valence-electron chi connectivity index (χ0n) is 13.8. The van der Waals surface area contributed by atoms with Crippen LogP contribution in [-0.4, -0.2) is 19.5 Å². The summed E-state index contributed by atoms with van der Waals surface area (Å²) in [6.45, 7) is 2.12. The van der Waals surface area contributed by atoms with E-state index in [2.05, 4.69) is 33.3 Å². The van der Waals surface area contributed by atoms with Gasteiger partial charge in [-0.1, -0.05) is 37.3 Å². The highest BCUT2D eigenvalue weighted by Crippen LogP contribution is 2.28. The minimum atomic E-state index is 0.483. The molecule has 124 valence electrons. The summed E-state index contributed by atoms with van der Waals surface area (Å²) in [5.74, 6) is 1.20. The number of nitrogens with zero attached hydrogens (tertiary/aromatic N) is 4. The maximum Gasteiger partial charge on any atom is 0.167 e. The van der Waals surface area contributed by atoms with Crippen molar-refractivity contribution in [2.75, 3.05) is 11.1 Å². The van der Waals surface area contributed by atoms with Crippen molar-refractivity contribution in [3.05, 3.63) is 66.7 Å². The molecular formula is C19H18N6. The van der Waals surface area contributed by atoms with Crippen LogP contribution in [0.5, 0.6) is 0 Å². The Morgan fingerprint density at radius 2 is 1.80 bits per heavy atom. The molecule has 0 bridgehead atoms. The van der Waals surface area contributed by atoms with E-state index in [0.29, 0.717) is 17.3 Å². The molecule has 0 aliphatic heterocycles. The van der Waals surface area contributed by atoms with Gasteiger partial charge >= 0.3 is 0 Å². The van der Waals surface area contributed by atoms with Crippen LogP contribution in [0.1, 0.15) is 12.5 Å². The highest BCUT2D eigenvalue weighted by molar-refractivity contribution is 5.81. The summed E-state index contributed by atoms with van der Waals surface area (Å²) in [5, 5.41) is 3.33. The van der Waals surface area contributed by atoms with Crippen LogP contribution in [0.4, 0.5) is 17.2 Å². The van der Waals surface area contributed by atoms with E-state index in [9.17, 15) is 0 Å². The van der Waals surface area contributed by atoms with Crippen molar-refractivity contribution in [2.24, 2.45) is 0 Å². The van der Waals surface area contributed by atoms with Gasteiger partial charge in [0.05, 0.1) is 11.0 Å². The van der Waals surface area contributed by atoms with Crippen LogP contribution in [0.15, 0.2) is 61.2 Å². The standard InChI is InChI=1S/C19H18N6/c1-2-13-7-3-4-8-14(13)24-18-17(20)19(22-11-21-18)25-12-23-15-9-5-6-10-16(15)25/h3-12H,2,20H2,1H3,(H,21,22,24). The number of hydrogen-bond acceptors (Lipinski definition) is 5. The number of anilines is 3. The minimum absolute atomic E-state index is 0.483. The number of imidazole rings is 1. The quantitative estimate of drug-likeness (QED) is 0.596. The summed E-state index contributed by atoms with van der Waals surface area (Å²) >= 11 is 0. The number of aromatic nitrogens is 4. The molecule has 0 amide bonds. The minimum Gasteiger partial charge on any atom is -0.393 e. The molecule has 3 N–H and O–H groups in total. The Balaban J connectivity index is 1.78. The Morgan fingerprint density at radius 3 is 2.68 bits per heavy atom. The molecule has 6 nitrogen and oxygen atoms in total. The van der Waals surface area contributed by atoms with Gasteiger partial charge in [-0.3, -0.25) is 4.57 Å². The number of benzene rings is 2. The lowest BCUT2D eigenvalue weighted by molar-refractivity contribution is 1.00. The Labute approximate surface area is 145 Å². The lowest BCUT2D eigenvalue weighted by Gasteiger charge is -2.14. The van der Waals surface area contributed by atoms with Crippen molar-refractivity contribution in [2.45, 2.75) is 13.3 Å². The molecule has 0 radical (unpaired) electrons. The third-order valence-corrected chi connectivity index (χ3v) is 4.20. The van der Waals surface area contributed by atoms with Crippen molar-refractivity contribution < 1.29 is 0 Å². The summed E-state index contributed by atoms with van der Waals surface area (Å²) in [4.78, 5) is 13.1. The van der Waals surface area contributed by atoms with Gasteiger partial charge in [-0.15, -0.1) is 0 Å². The number of fused-ring (bicyclic) bond motifs is 1. The molecule has 2 aromatic carbocycles. The van der Waals surface area contributed by atoms with Gasteiger partial charge in [0, 0.05) is 5.69 Å². The largest absolute Gasteiger partial charge is 0.393 e. The van der Waals surface area contributed by atoms with E-state index in [1.54, 1.807) is 6.33 Å². The third-order valence-electron chi connectivity index (χ3n) is 4.20. The molecule has 0 spiro atoms. The van der Waals surface area contributed by atoms with Crippen molar-refractivity contribution in [1.82, 2.24) is 19.5 Å². The molecule has 0 saturated heterocycles. The average Bonchev–Trinajstić information content (AvgIpc) is 3.08. The lowest BCUT2D eigenvalue weighted by Crippen LogP contribution is -2.07. The van der Waals surface area contributed by atoms with E-state index >= 15 is 0 Å². The smallest absolute Gasteiger partial charge is 0.167 e. The first-order chi connectivity index (χ1) is 12.3. The van der Waals surface area contributed by atoms with Crippen LogP contribution in [0.2, 0.25) is 0 Å². The Morgan fingerprint density at radius 1 is 1.00 bits per heavy atom. The van der Waals surface area contributed by atoms with Crippen LogP contribution >= 0.6 is 0 Å². The van der Waals surface area contributed by atoms with Crippen LogP contribution in [0, 0.1) is 0 Å². The van der Waals surface area contributed by atoms with E-state index in [0.717, 1.165) is 23.1 Å². The van der Waals surface area contributed by atoms with Gasteiger partial charge in [0.1, 0.15) is 18.3 Å². The van der Waals surface area contributed by atoms with Crippen molar-refractivity contribution in [3.8, 4) is 5.82 Å². The molecule has 0 aliphatic carbocycles. The normalized spacial score (nSPS) is 10.9. The number of nitrogens with one attached hydrogen (secondary N) is 1. The van der Waals surface area contributed by atoms with Crippen LogP contribution in [-0.2, 0) is 6.42 Å². The number of rotatable bonds is 4. The van der Waals surface area contributed by atoms with E-state index in [4.69, 9.17) is 5.73 Å². The first kappa shape index (κ1) is 15.1. The summed E-state index contributed by atoms with van der Waals surface area (Å²) in [6.07, 6.45) is 4.16. The summed E-state index contributed by atoms with van der Waals surface area (Å²) in [5.41, 5.74) is 10.9. The third kappa shape index (κ3) is 2.67. The van der Waals surface area contributed by atoms with Gasteiger partial charge in [0.25, 0.3) is 0 Å². The molecule has 25 heavy (non-hydrogen) atoms. The Hall–Kier alpha value is -3.41. The number of para-hydroxylation sites is 3. The van der Waals surface area contributed by atoms with Gasteiger partial charge in [0.2, 0.25) is 0 Å². The molecule has 0 saturated carbocycles. The number of hydrogen-bond donors (Lipinski definition) is 2. The van der Waals surface area contributed by atoms with Crippen molar-refractivity contribution >= 4 is 28.2 Å². The molecule has 6 heteroatoms. The number of nitrogen functional groups attached to an aromatic ring is 1. The zero-order chi connectivity index (χ0) is 17.2. The highest BCUT2D eigenvalue weighted by Gasteiger charge is 2.13. The number of nitrogens with two attached hydrogens (primary N) is 1. The number of aryl methyl sites for hydroxylation is 1. The van der Waals surface area contributed by atoms with Gasteiger partial charge in [-0.25, -0.2) is 15.0 Å². The first-order valence-electron chi connectivity index (χ1n) is 8.15. The molecule has 4 rings (SSSR count). The summed E-state index contributed by atoms with van der Waals surface area (Å²) in [7, 11) is 0. The molecule has 0 atom stereocenters. The summed E-state index contributed by atoms with van der Waals surface area (Å²) < 4.78 is 1.88. The van der Waals surface area contributed by atoms with E-state index in [1.807, 2.05) is 47.0 Å². The molecule has 0 unspecified atom stereocenters. The van der Waals surface area contributed by atoms with Crippen LogP contribution in [0.3, 0.4) is 0 Å². The maximum absolute atomic E-state index is 6.37. The monoisotopic (exact) mass is 330 g/mol. The van der Waals surface area contributed by atoms with Crippen LogP contribution in [0.25, 0.3) is 16.9 Å². The Kier molecular flexibility index (Phi) is 3.78. The van der Waals surface area contributed by atoms with Crippen molar-refractivity contribution in [1.29, 1.82) is 0 Å². The van der Waals surface area contributed by atoms with Gasteiger partial charge in [-0.05, 0) is 30.2 Å². The second-order valence-electron chi connectivity index (χ2n) is 5.70. The first-order valence-corrected chi connectivity index (χ1v) is 8.15. The van der Waals surface area contributed by atoms with Crippen molar-refractivity contribution in [3.63, 3.8) is 0 Å². The topological polar surface area (TPSA) is 81.7 Å². The van der Waals surface area contributed by atoms with Gasteiger partial charge < -0.3 is 11.1 Å². The second kappa shape index (κ2) is 6.24. The van der Waals surface area contributed by atoms with Crippen LogP contribution < -0.4 is 11.1 Å². The summed E-state index contributed by atoms with van der Waals surface area (Å²) in [6, 6.07) is 16.0. The fraction of sp³-hybridized carbons (Fsp3) is 0.105. The predicted octanol–water partition coefficient (Wildman–Crippen LogP) is 3.70. The molecular weight excluding hydrogens is 312 g/mol. The zero-order valence-corrected chi connectivity index (χ0v) is 13.8. The molecule has 2 aromatic heterocycles. The van der Waals surface area contributed by atoms with E-state index < -0.39 is 0 Å². The molecule has 4 aromatic rings. The molecule has 2 heterocycles. The average molecular weight is 330 g/mol. The van der Waals surface area contributed by atoms with Gasteiger partial charge in [-0.2, -0.15) is 0 Å². The fourth-order valence-electron chi connectivity index (χ4n) is 2.88. The SMILES string of the molecule is CCc1ccccc1Nc1ncnc(-n2cnc3ccccc32)c1N. The molecule has 0 aliphatic rings. The molecule has 0 fully saturated rings. The second-order valence-corrected chi connectivity index (χ2v) is 5.70. The maximum atomic E-state index is 6.37. The van der Waals surface area contributed by atoms with E-state index in [1.165, 1.54) is 11.9 Å². The highest BCUT2D eigenvalue weighted by atomic mass is 15.2. The lowest BCUT2D eigenvalue weighted by atomic mass is 10.1. The fourth-order valence-corrected chi connectivity index (χ4v) is 2.88. The predicted molar refractivity (Wildman–Crippen MR) is 100 cm³/mol. The Bertz CT molecular complexity index is 1040.